The number of nitrogens with zero attached hydrogens (tertiary/aromatic N) is 2. The minimum absolute atomic E-state index is 0.180. The summed E-state index contributed by atoms with van der Waals surface area (Å²) in [5, 5.41) is 2.75. The fraction of sp³-hybridized carbons (Fsp3) is 0.267. The number of carbonyl (C=O) groups is 1. The van der Waals surface area contributed by atoms with Gasteiger partial charge in [-0.15, -0.1) is 0 Å². The zero-order valence-corrected chi connectivity index (χ0v) is 11.6. The van der Waals surface area contributed by atoms with Crippen LogP contribution in [0.5, 0.6) is 6.01 Å². The summed E-state index contributed by atoms with van der Waals surface area (Å²) in [5.41, 5.74) is 2.35. The van der Waals surface area contributed by atoms with Crippen LogP contribution in [0.2, 0.25) is 0 Å². The first-order valence-electron chi connectivity index (χ1n) is 6.58. The Balaban J connectivity index is 2.02. The highest BCUT2D eigenvalue weighted by Gasteiger charge is 2.06. The molecule has 0 atom stereocenters. The minimum atomic E-state index is -0.180. The normalized spacial score (nSPS) is 10.1. The highest BCUT2D eigenvalue weighted by molar-refractivity contribution is 6.04. The summed E-state index contributed by atoms with van der Waals surface area (Å²) >= 11 is 0. The van der Waals surface area contributed by atoms with Crippen LogP contribution in [0.1, 0.15) is 29.8 Å². The molecule has 1 aromatic carbocycles. The Hall–Kier alpha value is -2.43. The number of nitrogens with one attached hydrogen (secondary N) is 1. The van der Waals surface area contributed by atoms with Crippen LogP contribution in [0.4, 0.5) is 5.69 Å². The number of aryl methyl sites for hydroxylation is 1. The van der Waals surface area contributed by atoms with E-state index in [4.69, 9.17) is 4.74 Å². The van der Waals surface area contributed by atoms with Crippen molar-refractivity contribution in [2.75, 3.05) is 11.9 Å². The lowest BCUT2D eigenvalue weighted by molar-refractivity contribution is 0.102. The van der Waals surface area contributed by atoms with E-state index in [2.05, 4.69) is 22.2 Å². The van der Waals surface area contributed by atoms with Crippen molar-refractivity contribution in [3.05, 3.63) is 47.8 Å². The zero-order chi connectivity index (χ0) is 14.4. The molecule has 104 valence electrons. The summed E-state index contributed by atoms with van der Waals surface area (Å²) in [6.45, 7) is 4.45. The van der Waals surface area contributed by atoms with Crippen LogP contribution < -0.4 is 10.1 Å². The number of anilines is 1. The molecule has 0 fully saturated rings. The minimum Gasteiger partial charge on any atom is -0.464 e. The molecular weight excluding hydrogens is 254 g/mol. The number of carbonyl (C=O) groups excluding carboxylic acids is 1. The van der Waals surface area contributed by atoms with E-state index in [0.29, 0.717) is 23.9 Å². The Labute approximate surface area is 118 Å². The number of benzene rings is 1. The van der Waals surface area contributed by atoms with Crippen molar-refractivity contribution in [2.24, 2.45) is 0 Å². The molecule has 20 heavy (non-hydrogen) atoms. The number of hydrogen-bond donors (Lipinski definition) is 1. The second kappa shape index (κ2) is 6.65. The third-order valence-corrected chi connectivity index (χ3v) is 2.78. The van der Waals surface area contributed by atoms with Gasteiger partial charge in [-0.3, -0.25) is 4.79 Å². The van der Waals surface area contributed by atoms with Gasteiger partial charge in [0.15, 0.2) is 0 Å². The van der Waals surface area contributed by atoms with Crippen molar-refractivity contribution in [1.29, 1.82) is 0 Å². The van der Waals surface area contributed by atoms with Gasteiger partial charge in [0.05, 0.1) is 24.7 Å². The predicted molar refractivity (Wildman–Crippen MR) is 77.0 cm³/mol. The molecule has 0 aliphatic rings. The Morgan fingerprint density at radius 2 is 1.80 bits per heavy atom. The molecule has 1 aromatic heterocycles. The van der Waals surface area contributed by atoms with E-state index in [1.807, 2.05) is 31.2 Å². The van der Waals surface area contributed by atoms with Gasteiger partial charge in [-0.2, -0.15) is 0 Å². The first kappa shape index (κ1) is 14.0. The Morgan fingerprint density at radius 1 is 1.15 bits per heavy atom. The SMILES string of the molecule is CCOc1ncc(NC(=O)c2ccc(CC)cc2)cn1. The summed E-state index contributed by atoms with van der Waals surface area (Å²) in [6.07, 6.45) is 4.00. The first-order chi connectivity index (χ1) is 9.72. The summed E-state index contributed by atoms with van der Waals surface area (Å²) in [7, 11) is 0. The van der Waals surface area contributed by atoms with Crippen LogP contribution in [0, 0.1) is 0 Å². The topological polar surface area (TPSA) is 64.1 Å². The Bertz CT molecular complexity index is 565. The Kier molecular flexibility index (Phi) is 4.65. The smallest absolute Gasteiger partial charge is 0.316 e. The van der Waals surface area contributed by atoms with Gasteiger partial charge in [-0.1, -0.05) is 19.1 Å². The van der Waals surface area contributed by atoms with Crippen molar-refractivity contribution in [1.82, 2.24) is 9.97 Å². The van der Waals surface area contributed by atoms with E-state index in [1.54, 1.807) is 0 Å². The molecule has 0 spiro atoms. The predicted octanol–water partition coefficient (Wildman–Crippen LogP) is 2.69. The summed E-state index contributed by atoms with van der Waals surface area (Å²) < 4.78 is 5.14. The quantitative estimate of drug-likeness (QED) is 0.908. The number of hydrogen-bond acceptors (Lipinski definition) is 4. The Morgan fingerprint density at radius 3 is 2.35 bits per heavy atom. The molecule has 1 heterocycles. The molecule has 0 radical (unpaired) electrons. The highest BCUT2D eigenvalue weighted by atomic mass is 16.5. The number of rotatable bonds is 5. The fourth-order valence-electron chi connectivity index (χ4n) is 1.68. The van der Waals surface area contributed by atoms with E-state index in [-0.39, 0.29) is 5.91 Å². The number of ether oxygens (including phenoxy) is 1. The van der Waals surface area contributed by atoms with Crippen molar-refractivity contribution < 1.29 is 9.53 Å². The molecule has 2 rings (SSSR count). The first-order valence-corrected chi connectivity index (χ1v) is 6.58. The van der Waals surface area contributed by atoms with Crippen LogP contribution in [0.15, 0.2) is 36.7 Å². The maximum atomic E-state index is 12.0. The average Bonchev–Trinajstić information content (AvgIpc) is 2.49. The van der Waals surface area contributed by atoms with E-state index in [1.165, 1.54) is 18.0 Å². The van der Waals surface area contributed by atoms with Gasteiger partial charge in [-0.25, -0.2) is 9.97 Å². The zero-order valence-electron chi connectivity index (χ0n) is 11.6. The van der Waals surface area contributed by atoms with Crippen molar-refractivity contribution in [3.8, 4) is 6.01 Å². The van der Waals surface area contributed by atoms with Gasteiger partial charge in [-0.05, 0) is 31.0 Å². The van der Waals surface area contributed by atoms with E-state index in [9.17, 15) is 4.79 Å². The van der Waals surface area contributed by atoms with Crippen molar-refractivity contribution >= 4 is 11.6 Å². The number of amides is 1. The molecule has 0 unspecified atom stereocenters. The largest absolute Gasteiger partial charge is 0.464 e. The molecule has 0 aliphatic heterocycles. The van der Waals surface area contributed by atoms with Crippen LogP contribution in [-0.4, -0.2) is 22.5 Å². The lowest BCUT2D eigenvalue weighted by Crippen LogP contribution is -2.12. The molecule has 1 amide bonds. The maximum Gasteiger partial charge on any atom is 0.316 e. The van der Waals surface area contributed by atoms with Crippen molar-refractivity contribution in [3.63, 3.8) is 0 Å². The van der Waals surface area contributed by atoms with Gasteiger partial charge in [0.25, 0.3) is 5.91 Å². The molecule has 0 saturated carbocycles. The van der Waals surface area contributed by atoms with Crippen LogP contribution in [-0.2, 0) is 6.42 Å². The maximum absolute atomic E-state index is 12.0. The van der Waals surface area contributed by atoms with Gasteiger partial charge in [0.2, 0.25) is 0 Å². The highest BCUT2D eigenvalue weighted by Crippen LogP contribution is 2.11. The number of aromatic nitrogens is 2. The van der Waals surface area contributed by atoms with E-state index < -0.39 is 0 Å². The molecule has 0 aliphatic carbocycles. The van der Waals surface area contributed by atoms with E-state index in [0.717, 1.165) is 6.42 Å². The second-order valence-corrected chi connectivity index (χ2v) is 4.19. The summed E-state index contributed by atoms with van der Waals surface area (Å²) in [6, 6.07) is 7.82. The third kappa shape index (κ3) is 3.54. The van der Waals surface area contributed by atoms with Gasteiger partial charge in [0, 0.05) is 5.56 Å². The average molecular weight is 271 g/mol. The monoisotopic (exact) mass is 271 g/mol. The lowest BCUT2D eigenvalue weighted by atomic mass is 10.1. The van der Waals surface area contributed by atoms with Gasteiger partial charge >= 0.3 is 6.01 Å². The molecule has 2 aromatic rings. The van der Waals surface area contributed by atoms with Gasteiger partial charge in [0.1, 0.15) is 0 Å². The van der Waals surface area contributed by atoms with Crippen LogP contribution in [0.25, 0.3) is 0 Å². The standard InChI is InChI=1S/C15H17N3O2/c1-3-11-5-7-12(8-6-11)14(19)18-13-9-16-15(17-10-13)20-4-2/h5-10H,3-4H2,1-2H3,(H,18,19). The molecular formula is C15H17N3O2. The van der Waals surface area contributed by atoms with E-state index >= 15 is 0 Å². The third-order valence-electron chi connectivity index (χ3n) is 2.78. The lowest BCUT2D eigenvalue weighted by Gasteiger charge is -2.06. The summed E-state index contributed by atoms with van der Waals surface area (Å²) in [4.78, 5) is 20.0. The van der Waals surface area contributed by atoms with Gasteiger partial charge < -0.3 is 10.1 Å². The molecule has 0 saturated heterocycles. The summed E-state index contributed by atoms with van der Waals surface area (Å²) in [5.74, 6) is -0.180. The molecule has 0 bridgehead atoms. The molecule has 1 N–H and O–H groups in total. The van der Waals surface area contributed by atoms with Crippen molar-refractivity contribution in [2.45, 2.75) is 20.3 Å². The van der Waals surface area contributed by atoms with Crippen LogP contribution >= 0.6 is 0 Å². The molecule has 5 nitrogen and oxygen atoms in total. The fourth-order valence-corrected chi connectivity index (χ4v) is 1.68. The molecule has 5 heteroatoms. The van der Waals surface area contributed by atoms with Crippen LogP contribution in [0.3, 0.4) is 0 Å². The second-order valence-electron chi connectivity index (χ2n) is 4.19.